The second-order valence-corrected chi connectivity index (χ2v) is 5.17. The molecular weight excluding hydrogens is 330 g/mol. The van der Waals surface area contributed by atoms with Gasteiger partial charge < -0.3 is 9.73 Å². The minimum absolute atomic E-state index is 0.180. The summed E-state index contributed by atoms with van der Waals surface area (Å²) in [4.78, 5) is 23.8. The first kappa shape index (κ1) is 15.2. The number of oxazole rings is 1. The molecule has 0 aliphatic heterocycles. The van der Waals surface area contributed by atoms with Crippen molar-refractivity contribution in [2.24, 2.45) is 0 Å². The number of nitrogens with one attached hydrogen (secondary N) is 1. The number of carbonyl (C=O) groups excluding carboxylic acids is 1. The molecule has 1 N–H and O–H groups in total. The van der Waals surface area contributed by atoms with Crippen LogP contribution in [0.3, 0.4) is 0 Å². The molecule has 0 spiro atoms. The van der Waals surface area contributed by atoms with Crippen LogP contribution in [0.2, 0.25) is 5.02 Å². The van der Waals surface area contributed by atoms with Crippen molar-refractivity contribution in [2.45, 2.75) is 6.54 Å². The Balaban J connectivity index is 1.86. The van der Waals surface area contributed by atoms with Crippen LogP contribution in [0.15, 0.2) is 45.6 Å². The average molecular weight is 339 g/mol. The van der Waals surface area contributed by atoms with E-state index in [9.17, 15) is 18.4 Å². The zero-order chi connectivity index (χ0) is 16.6. The lowest BCUT2D eigenvalue weighted by atomic mass is 10.3. The summed E-state index contributed by atoms with van der Waals surface area (Å²) in [6, 6.07) is 7.29. The van der Waals surface area contributed by atoms with Gasteiger partial charge in [0.2, 0.25) is 5.91 Å². The first-order valence-corrected chi connectivity index (χ1v) is 6.85. The van der Waals surface area contributed by atoms with Crippen molar-refractivity contribution in [2.75, 3.05) is 5.32 Å². The monoisotopic (exact) mass is 338 g/mol. The molecular formula is C15H9ClF2N2O3. The van der Waals surface area contributed by atoms with Crippen molar-refractivity contribution in [3.05, 3.63) is 63.6 Å². The van der Waals surface area contributed by atoms with Crippen molar-refractivity contribution in [3.8, 4) is 0 Å². The van der Waals surface area contributed by atoms with E-state index in [-0.39, 0.29) is 17.8 Å². The Morgan fingerprint density at radius 3 is 2.74 bits per heavy atom. The van der Waals surface area contributed by atoms with Gasteiger partial charge in [0.25, 0.3) is 0 Å². The third-order valence-corrected chi connectivity index (χ3v) is 3.37. The number of amides is 1. The van der Waals surface area contributed by atoms with E-state index < -0.39 is 23.3 Å². The van der Waals surface area contributed by atoms with E-state index in [4.69, 9.17) is 16.0 Å². The summed E-state index contributed by atoms with van der Waals surface area (Å²) in [6.45, 7) is -0.385. The molecule has 0 aliphatic carbocycles. The van der Waals surface area contributed by atoms with Crippen molar-refractivity contribution in [1.82, 2.24) is 4.57 Å². The molecule has 1 amide bonds. The highest BCUT2D eigenvalue weighted by molar-refractivity contribution is 6.31. The molecule has 5 nitrogen and oxygen atoms in total. The first-order chi connectivity index (χ1) is 10.9. The molecule has 0 unspecified atom stereocenters. The molecule has 0 bridgehead atoms. The summed E-state index contributed by atoms with van der Waals surface area (Å²) in [5, 5.41) is 2.66. The molecule has 1 heterocycles. The zero-order valence-electron chi connectivity index (χ0n) is 11.5. The summed E-state index contributed by atoms with van der Waals surface area (Å²) in [5.74, 6) is -3.06. The van der Waals surface area contributed by atoms with Gasteiger partial charge in [-0.1, -0.05) is 11.6 Å². The number of anilines is 1. The fourth-order valence-corrected chi connectivity index (χ4v) is 2.28. The van der Waals surface area contributed by atoms with Crippen LogP contribution in [0.4, 0.5) is 14.5 Å². The van der Waals surface area contributed by atoms with E-state index in [0.717, 1.165) is 16.7 Å². The number of hydrogen-bond donors (Lipinski definition) is 1. The molecule has 0 aliphatic rings. The van der Waals surface area contributed by atoms with Crippen molar-refractivity contribution < 1.29 is 18.0 Å². The Hall–Kier alpha value is -2.67. The van der Waals surface area contributed by atoms with Crippen LogP contribution < -0.4 is 11.1 Å². The summed E-state index contributed by atoms with van der Waals surface area (Å²) in [5.41, 5.74) is 0.442. The molecule has 1 aromatic heterocycles. The van der Waals surface area contributed by atoms with Gasteiger partial charge in [0.15, 0.2) is 5.58 Å². The first-order valence-electron chi connectivity index (χ1n) is 6.48. The van der Waals surface area contributed by atoms with Gasteiger partial charge in [-0.05, 0) is 24.3 Å². The maximum Gasteiger partial charge on any atom is 0.420 e. The molecule has 0 fully saturated rings. The summed E-state index contributed by atoms with van der Waals surface area (Å²) in [7, 11) is 0. The predicted molar refractivity (Wildman–Crippen MR) is 80.5 cm³/mol. The number of aromatic nitrogens is 1. The fourth-order valence-electron chi connectivity index (χ4n) is 2.11. The van der Waals surface area contributed by atoms with Crippen LogP contribution in [0.1, 0.15) is 0 Å². The molecule has 8 heteroatoms. The van der Waals surface area contributed by atoms with Crippen LogP contribution in [0, 0.1) is 11.6 Å². The molecule has 3 aromatic rings. The van der Waals surface area contributed by atoms with Crippen LogP contribution in [0.5, 0.6) is 0 Å². The Morgan fingerprint density at radius 2 is 2.00 bits per heavy atom. The standard InChI is InChI=1S/C15H9ClF2N2O3/c16-8-1-4-12-13(5-8)23-15(22)20(12)7-14(21)19-11-3-2-9(17)6-10(11)18/h1-6H,7H2,(H,19,21). The highest BCUT2D eigenvalue weighted by atomic mass is 35.5. The maximum absolute atomic E-state index is 13.5. The molecule has 0 saturated heterocycles. The number of rotatable bonds is 3. The molecule has 0 atom stereocenters. The summed E-state index contributed by atoms with van der Waals surface area (Å²) < 4.78 is 32.4. The van der Waals surface area contributed by atoms with Crippen molar-refractivity contribution in [3.63, 3.8) is 0 Å². The molecule has 0 saturated carbocycles. The topological polar surface area (TPSA) is 64.2 Å². The van der Waals surface area contributed by atoms with Crippen LogP contribution in [0.25, 0.3) is 11.1 Å². The smallest absolute Gasteiger partial charge is 0.408 e. The van der Waals surface area contributed by atoms with E-state index >= 15 is 0 Å². The van der Waals surface area contributed by atoms with Crippen LogP contribution >= 0.6 is 11.6 Å². The fraction of sp³-hybridized carbons (Fsp3) is 0.0667. The van der Waals surface area contributed by atoms with Gasteiger partial charge in [-0.25, -0.2) is 13.6 Å². The zero-order valence-corrected chi connectivity index (χ0v) is 12.2. The number of benzene rings is 2. The van der Waals surface area contributed by atoms with Gasteiger partial charge in [0, 0.05) is 17.2 Å². The number of halogens is 3. The normalized spacial score (nSPS) is 10.9. The summed E-state index contributed by atoms with van der Waals surface area (Å²) in [6.07, 6.45) is 0. The minimum Gasteiger partial charge on any atom is -0.408 e. The number of fused-ring (bicyclic) bond motifs is 1. The Bertz CT molecular complexity index is 965. The third-order valence-electron chi connectivity index (χ3n) is 3.14. The number of carbonyl (C=O) groups is 1. The van der Waals surface area contributed by atoms with E-state index in [1.807, 2.05) is 0 Å². The van der Waals surface area contributed by atoms with Gasteiger partial charge in [0.1, 0.15) is 18.2 Å². The lowest BCUT2D eigenvalue weighted by molar-refractivity contribution is -0.116. The number of hydrogen-bond acceptors (Lipinski definition) is 3. The van der Waals surface area contributed by atoms with Gasteiger partial charge in [-0.15, -0.1) is 0 Å². The molecule has 2 aromatic carbocycles. The minimum atomic E-state index is -0.908. The molecule has 3 rings (SSSR count). The van der Waals surface area contributed by atoms with E-state index in [1.54, 1.807) is 6.07 Å². The van der Waals surface area contributed by atoms with E-state index in [0.29, 0.717) is 16.6 Å². The van der Waals surface area contributed by atoms with Crippen molar-refractivity contribution >= 4 is 34.3 Å². The maximum atomic E-state index is 13.5. The van der Waals surface area contributed by atoms with Crippen LogP contribution in [-0.2, 0) is 11.3 Å². The van der Waals surface area contributed by atoms with Crippen molar-refractivity contribution in [1.29, 1.82) is 0 Å². The number of nitrogens with zero attached hydrogens (tertiary/aromatic N) is 1. The predicted octanol–water partition coefficient (Wildman–Crippen LogP) is 3.16. The second kappa shape index (κ2) is 5.85. The largest absolute Gasteiger partial charge is 0.420 e. The molecule has 118 valence electrons. The van der Waals surface area contributed by atoms with Crippen LogP contribution in [-0.4, -0.2) is 10.5 Å². The van der Waals surface area contributed by atoms with E-state index in [2.05, 4.69) is 5.32 Å². The summed E-state index contributed by atoms with van der Waals surface area (Å²) >= 11 is 5.80. The van der Waals surface area contributed by atoms with Gasteiger partial charge in [-0.2, -0.15) is 0 Å². The average Bonchev–Trinajstić information content (AvgIpc) is 2.77. The van der Waals surface area contributed by atoms with Gasteiger partial charge in [0.05, 0.1) is 11.2 Å². The second-order valence-electron chi connectivity index (χ2n) is 4.74. The lowest BCUT2D eigenvalue weighted by Gasteiger charge is -2.07. The van der Waals surface area contributed by atoms with Gasteiger partial charge >= 0.3 is 5.76 Å². The molecule has 23 heavy (non-hydrogen) atoms. The van der Waals surface area contributed by atoms with E-state index in [1.165, 1.54) is 12.1 Å². The SMILES string of the molecule is O=C(Cn1c(=O)oc2cc(Cl)ccc21)Nc1ccc(F)cc1F. The Morgan fingerprint density at radius 1 is 1.22 bits per heavy atom. The highest BCUT2D eigenvalue weighted by Crippen LogP contribution is 2.19. The Labute approximate surface area is 133 Å². The Kier molecular flexibility index (Phi) is 3.87. The van der Waals surface area contributed by atoms with Gasteiger partial charge in [-0.3, -0.25) is 9.36 Å². The highest BCUT2D eigenvalue weighted by Gasteiger charge is 2.14. The quantitative estimate of drug-likeness (QED) is 0.797. The third kappa shape index (κ3) is 3.09. The lowest BCUT2D eigenvalue weighted by Crippen LogP contribution is -2.25. The molecule has 0 radical (unpaired) electrons.